The van der Waals surface area contributed by atoms with Crippen molar-refractivity contribution in [1.82, 2.24) is 20.0 Å². The summed E-state index contributed by atoms with van der Waals surface area (Å²) in [5, 5.41) is 7.54. The molecule has 1 unspecified atom stereocenters. The number of amides is 1. The Hall–Kier alpha value is -2.34. The van der Waals surface area contributed by atoms with Gasteiger partial charge in [-0.3, -0.25) is 9.48 Å². The second kappa shape index (κ2) is 7.49. The molecule has 6 nitrogen and oxygen atoms in total. The number of hydrogen-bond donors (Lipinski definition) is 1. The van der Waals surface area contributed by atoms with Gasteiger partial charge in [0.1, 0.15) is 5.75 Å². The fraction of sp³-hybridized carbons (Fsp3) is 0.444. The number of rotatable bonds is 5. The summed E-state index contributed by atoms with van der Waals surface area (Å²) in [7, 11) is 3.56. The maximum absolute atomic E-state index is 12.8. The highest BCUT2D eigenvalue weighted by molar-refractivity contribution is 5.77. The van der Waals surface area contributed by atoms with Crippen LogP contribution in [0.5, 0.6) is 5.75 Å². The Balaban J connectivity index is 1.72. The van der Waals surface area contributed by atoms with Crippen molar-refractivity contribution in [3.8, 4) is 5.75 Å². The molecule has 1 fully saturated rings. The number of nitrogens with one attached hydrogen (secondary N) is 1. The molecule has 1 saturated heterocycles. The van der Waals surface area contributed by atoms with E-state index in [1.165, 1.54) is 0 Å². The lowest BCUT2D eigenvalue weighted by molar-refractivity contribution is -0.134. The lowest BCUT2D eigenvalue weighted by Crippen LogP contribution is -2.48. The quantitative estimate of drug-likeness (QED) is 0.904. The molecule has 1 atom stereocenters. The van der Waals surface area contributed by atoms with Gasteiger partial charge in [0.05, 0.1) is 19.3 Å². The molecule has 1 aromatic carbocycles. The Morgan fingerprint density at radius 1 is 1.42 bits per heavy atom. The fourth-order valence-electron chi connectivity index (χ4n) is 3.22. The molecule has 1 N–H and O–H groups in total. The minimum absolute atomic E-state index is 0.0105. The van der Waals surface area contributed by atoms with E-state index in [2.05, 4.69) is 10.4 Å². The number of carbonyl (C=O) groups excluding carboxylic acids is 1. The van der Waals surface area contributed by atoms with Gasteiger partial charge in [-0.05, 0) is 18.1 Å². The van der Waals surface area contributed by atoms with Gasteiger partial charge in [-0.2, -0.15) is 5.10 Å². The van der Waals surface area contributed by atoms with Gasteiger partial charge < -0.3 is 15.0 Å². The summed E-state index contributed by atoms with van der Waals surface area (Å²) in [6.07, 6.45) is 5.00. The second-order valence-electron chi connectivity index (χ2n) is 6.07. The molecule has 1 aromatic heterocycles. The number of methoxy groups -OCH3 is 1. The van der Waals surface area contributed by atoms with Crippen LogP contribution >= 0.6 is 0 Å². The topological polar surface area (TPSA) is 59.4 Å². The van der Waals surface area contributed by atoms with Crippen LogP contribution in [0.4, 0.5) is 0 Å². The number of piperazine rings is 1. The highest BCUT2D eigenvalue weighted by Gasteiger charge is 2.29. The van der Waals surface area contributed by atoms with Crippen molar-refractivity contribution in [2.24, 2.45) is 7.05 Å². The first-order valence-electron chi connectivity index (χ1n) is 8.29. The molecule has 128 valence electrons. The van der Waals surface area contributed by atoms with Crippen molar-refractivity contribution in [2.75, 3.05) is 26.7 Å². The molecular weight excluding hydrogens is 304 g/mol. The lowest BCUT2D eigenvalue weighted by Gasteiger charge is -2.37. The van der Waals surface area contributed by atoms with E-state index in [-0.39, 0.29) is 11.9 Å². The second-order valence-corrected chi connectivity index (χ2v) is 6.07. The smallest absolute Gasteiger partial charge is 0.223 e. The van der Waals surface area contributed by atoms with Crippen LogP contribution in [-0.2, 0) is 18.3 Å². The van der Waals surface area contributed by atoms with Crippen LogP contribution in [0.2, 0.25) is 0 Å². The molecule has 0 aliphatic carbocycles. The normalized spacial score (nSPS) is 17.8. The minimum Gasteiger partial charge on any atom is -0.496 e. The molecular formula is C18H24N4O2. The summed E-state index contributed by atoms with van der Waals surface area (Å²) < 4.78 is 7.25. The van der Waals surface area contributed by atoms with Crippen LogP contribution in [0.15, 0.2) is 36.7 Å². The predicted octanol–water partition coefficient (Wildman–Crippen LogP) is 1.53. The Kier molecular flexibility index (Phi) is 5.15. The van der Waals surface area contributed by atoms with Crippen LogP contribution < -0.4 is 10.1 Å². The average molecular weight is 328 g/mol. The van der Waals surface area contributed by atoms with Gasteiger partial charge >= 0.3 is 0 Å². The molecule has 0 bridgehead atoms. The molecule has 1 aliphatic rings. The van der Waals surface area contributed by atoms with Gasteiger partial charge in [-0.15, -0.1) is 0 Å². The fourth-order valence-corrected chi connectivity index (χ4v) is 3.22. The SMILES string of the molecule is COc1ccccc1C1CNCCN1C(=O)CCc1cnn(C)c1. The summed E-state index contributed by atoms with van der Waals surface area (Å²) in [6, 6.07) is 7.94. The van der Waals surface area contributed by atoms with E-state index in [0.717, 1.165) is 36.4 Å². The van der Waals surface area contributed by atoms with E-state index in [0.29, 0.717) is 13.0 Å². The number of ether oxygens (including phenoxy) is 1. The molecule has 0 radical (unpaired) electrons. The summed E-state index contributed by atoms with van der Waals surface area (Å²) in [5.41, 5.74) is 2.15. The Labute approximate surface area is 142 Å². The number of benzene rings is 1. The first-order valence-corrected chi connectivity index (χ1v) is 8.29. The summed E-state index contributed by atoms with van der Waals surface area (Å²) in [5.74, 6) is 1.01. The number of aromatic nitrogens is 2. The van der Waals surface area contributed by atoms with Crippen molar-refractivity contribution in [2.45, 2.75) is 18.9 Å². The average Bonchev–Trinajstić information content (AvgIpc) is 3.05. The number of para-hydroxylation sites is 1. The lowest BCUT2D eigenvalue weighted by atomic mass is 10.0. The third-order valence-electron chi connectivity index (χ3n) is 4.45. The molecule has 2 aromatic rings. The number of hydrogen-bond acceptors (Lipinski definition) is 4. The van der Waals surface area contributed by atoms with Crippen LogP contribution in [0, 0.1) is 0 Å². The first-order chi connectivity index (χ1) is 11.7. The van der Waals surface area contributed by atoms with Crippen LogP contribution in [-0.4, -0.2) is 47.3 Å². The summed E-state index contributed by atoms with van der Waals surface area (Å²) in [6.45, 7) is 2.29. The van der Waals surface area contributed by atoms with Gasteiger partial charge in [0.25, 0.3) is 0 Å². The molecule has 1 amide bonds. The van der Waals surface area contributed by atoms with Crippen LogP contribution in [0.25, 0.3) is 0 Å². The van der Waals surface area contributed by atoms with E-state index in [4.69, 9.17) is 4.74 Å². The van der Waals surface area contributed by atoms with Gasteiger partial charge in [-0.25, -0.2) is 0 Å². The molecule has 6 heteroatoms. The van der Waals surface area contributed by atoms with E-state index in [9.17, 15) is 4.79 Å². The molecule has 1 aliphatic heterocycles. The van der Waals surface area contributed by atoms with Crippen molar-refractivity contribution < 1.29 is 9.53 Å². The molecule has 0 saturated carbocycles. The van der Waals surface area contributed by atoms with Crippen molar-refractivity contribution in [1.29, 1.82) is 0 Å². The standard InChI is InChI=1S/C18H24N4O2/c1-21-13-14(11-20-21)7-8-18(23)22-10-9-19-12-16(22)15-5-3-4-6-17(15)24-2/h3-6,11,13,16,19H,7-10,12H2,1-2H3. The van der Waals surface area contributed by atoms with E-state index in [1.54, 1.807) is 11.8 Å². The van der Waals surface area contributed by atoms with Gasteiger partial charge in [0, 0.05) is 44.9 Å². The van der Waals surface area contributed by atoms with Gasteiger partial charge in [0.15, 0.2) is 0 Å². The number of carbonyl (C=O) groups is 1. The summed E-state index contributed by atoms with van der Waals surface area (Å²) >= 11 is 0. The van der Waals surface area contributed by atoms with E-state index in [1.807, 2.05) is 48.6 Å². The Morgan fingerprint density at radius 2 is 2.25 bits per heavy atom. The Bertz CT molecular complexity index is 698. The monoisotopic (exact) mass is 328 g/mol. The van der Waals surface area contributed by atoms with E-state index < -0.39 is 0 Å². The molecule has 3 rings (SSSR count). The first kappa shape index (κ1) is 16.5. The largest absolute Gasteiger partial charge is 0.496 e. The number of aryl methyl sites for hydroxylation is 2. The third-order valence-corrected chi connectivity index (χ3v) is 4.45. The zero-order valence-electron chi connectivity index (χ0n) is 14.2. The van der Waals surface area contributed by atoms with Gasteiger partial charge in [0.2, 0.25) is 5.91 Å². The van der Waals surface area contributed by atoms with E-state index >= 15 is 0 Å². The maximum atomic E-state index is 12.8. The van der Waals surface area contributed by atoms with Crippen molar-refractivity contribution in [3.63, 3.8) is 0 Å². The van der Waals surface area contributed by atoms with Crippen molar-refractivity contribution in [3.05, 3.63) is 47.8 Å². The number of nitrogens with zero attached hydrogens (tertiary/aromatic N) is 3. The minimum atomic E-state index is 0.0105. The third kappa shape index (κ3) is 3.59. The molecule has 2 heterocycles. The maximum Gasteiger partial charge on any atom is 0.223 e. The zero-order chi connectivity index (χ0) is 16.9. The van der Waals surface area contributed by atoms with Crippen LogP contribution in [0.3, 0.4) is 0 Å². The molecule has 24 heavy (non-hydrogen) atoms. The van der Waals surface area contributed by atoms with Gasteiger partial charge in [-0.1, -0.05) is 18.2 Å². The highest BCUT2D eigenvalue weighted by Crippen LogP contribution is 2.30. The van der Waals surface area contributed by atoms with Crippen molar-refractivity contribution >= 4 is 5.91 Å². The summed E-state index contributed by atoms with van der Waals surface area (Å²) in [4.78, 5) is 14.8. The Morgan fingerprint density at radius 3 is 3.00 bits per heavy atom. The predicted molar refractivity (Wildman–Crippen MR) is 91.8 cm³/mol. The highest BCUT2D eigenvalue weighted by atomic mass is 16.5. The zero-order valence-corrected chi connectivity index (χ0v) is 14.2. The molecule has 0 spiro atoms. The van der Waals surface area contributed by atoms with Crippen LogP contribution in [0.1, 0.15) is 23.6 Å².